The van der Waals surface area contributed by atoms with Crippen LogP contribution in [0.25, 0.3) is 0 Å². The van der Waals surface area contributed by atoms with Crippen molar-refractivity contribution in [1.82, 2.24) is 4.90 Å². The molecule has 78 valence electrons. The van der Waals surface area contributed by atoms with Crippen LogP contribution < -0.4 is 0 Å². The average Bonchev–Trinajstić information content (AvgIpc) is 2.13. The first-order valence-electron chi connectivity index (χ1n) is 4.07. The van der Waals surface area contributed by atoms with Crippen LogP contribution in [0.5, 0.6) is 0 Å². The van der Waals surface area contributed by atoms with Crippen LogP contribution in [0.3, 0.4) is 0 Å². The van der Waals surface area contributed by atoms with E-state index >= 15 is 0 Å². The third-order valence-corrected chi connectivity index (χ3v) is 4.68. The summed E-state index contributed by atoms with van der Waals surface area (Å²) in [4.78, 5) is 12.0. The van der Waals surface area contributed by atoms with Gasteiger partial charge in [0.15, 0.2) is 0 Å². The monoisotopic (exact) mass is 207 g/mol. The molecule has 0 aromatic rings. The van der Waals surface area contributed by atoms with E-state index in [2.05, 4.69) is 0 Å². The van der Waals surface area contributed by atoms with Crippen LogP contribution in [0.4, 0.5) is 4.79 Å². The van der Waals surface area contributed by atoms with Crippen molar-refractivity contribution in [3.05, 3.63) is 0 Å². The van der Waals surface area contributed by atoms with E-state index in [0.29, 0.717) is 12.7 Å². The molecule has 0 heterocycles. The van der Waals surface area contributed by atoms with Gasteiger partial charge in [-0.1, -0.05) is 0 Å². The number of amides is 1. The molecule has 1 N–H and O–H groups in total. The van der Waals surface area contributed by atoms with Crippen molar-refractivity contribution in [3.8, 4) is 0 Å². The molecule has 6 heteroatoms. The first kappa shape index (κ1) is 12.4. The van der Waals surface area contributed by atoms with Crippen molar-refractivity contribution < 1.29 is 18.8 Å². The fraction of sp³-hybridized carbons (Fsp3) is 0.857. The lowest BCUT2D eigenvalue weighted by Gasteiger charge is -2.28. The second-order valence-corrected chi connectivity index (χ2v) is 6.24. The predicted molar refractivity (Wildman–Crippen MR) is 50.9 cm³/mol. The van der Waals surface area contributed by atoms with Gasteiger partial charge in [-0.2, -0.15) is 0 Å². The van der Waals surface area contributed by atoms with Gasteiger partial charge in [0.25, 0.3) is 0 Å². The van der Waals surface area contributed by atoms with Gasteiger partial charge in [-0.15, -0.1) is 0 Å². The number of rotatable bonds is 5. The van der Waals surface area contributed by atoms with E-state index in [4.69, 9.17) is 14.0 Å². The third kappa shape index (κ3) is 3.75. The molecule has 0 radical (unpaired) electrons. The molecule has 0 saturated carbocycles. The molecule has 0 aliphatic rings. The van der Waals surface area contributed by atoms with Crippen molar-refractivity contribution >= 4 is 14.7 Å². The lowest BCUT2D eigenvalue weighted by atomic mass is 10.7. The number of hydrogen-bond acceptors (Lipinski definition) is 3. The van der Waals surface area contributed by atoms with Gasteiger partial charge in [-0.3, -0.25) is 0 Å². The minimum absolute atomic E-state index is 0.339. The molecule has 0 aromatic heterocycles. The molecular weight excluding hydrogens is 190 g/mol. The van der Waals surface area contributed by atoms with Gasteiger partial charge in [0.05, 0.1) is 6.17 Å². The summed E-state index contributed by atoms with van der Waals surface area (Å²) in [5.74, 6) is 0. The number of hydrogen-bond donors (Lipinski definition) is 1. The summed E-state index contributed by atoms with van der Waals surface area (Å²) in [6, 6.07) is 0. The van der Waals surface area contributed by atoms with Crippen LogP contribution in [0.1, 0.15) is 6.92 Å². The SMILES string of the molecule is CCN(C[Si](C)(OC)OC)C(=O)O. The van der Waals surface area contributed by atoms with Gasteiger partial charge >= 0.3 is 14.7 Å². The van der Waals surface area contributed by atoms with Crippen LogP contribution >= 0.6 is 0 Å². The molecule has 0 aliphatic carbocycles. The summed E-state index contributed by atoms with van der Waals surface area (Å²) in [6.45, 7) is 4.07. The van der Waals surface area contributed by atoms with Crippen molar-refractivity contribution in [2.45, 2.75) is 13.5 Å². The minimum atomic E-state index is -2.30. The molecule has 5 nitrogen and oxygen atoms in total. The molecule has 0 spiro atoms. The Morgan fingerprint density at radius 3 is 2.15 bits per heavy atom. The molecule has 13 heavy (non-hydrogen) atoms. The van der Waals surface area contributed by atoms with E-state index in [1.807, 2.05) is 6.55 Å². The highest BCUT2D eigenvalue weighted by atomic mass is 28.4. The summed E-state index contributed by atoms with van der Waals surface area (Å²) in [6.07, 6.45) is -0.596. The van der Waals surface area contributed by atoms with Crippen molar-refractivity contribution in [2.24, 2.45) is 0 Å². The Morgan fingerprint density at radius 2 is 1.92 bits per heavy atom. The Bertz CT molecular complexity index is 172. The Hall–Kier alpha value is -0.593. The van der Waals surface area contributed by atoms with E-state index in [9.17, 15) is 4.79 Å². The maximum absolute atomic E-state index is 10.7. The van der Waals surface area contributed by atoms with E-state index in [1.165, 1.54) is 4.90 Å². The van der Waals surface area contributed by atoms with Gasteiger partial charge in [0.2, 0.25) is 0 Å². The zero-order valence-electron chi connectivity index (χ0n) is 8.53. The normalized spacial score (nSPS) is 11.4. The summed E-state index contributed by atoms with van der Waals surface area (Å²) in [7, 11) is 0.795. The highest BCUT2D eigenvalue weighted by Gasteiger charge is 2.33. The molecule has 0 rings (SSSR count). The molecule has 0 aliphatic heterocycles. The molecular formula is C7H17NO4Si. The smallest absolute Gasteiger partial charge is 0.407 e. The fourth-order valence-corrected chi connectivity index (χ4v) is 2.35. The highest BCUT2D eigenvalue weighted by Crippen LogP contribution is 2.07. The minimum Gasteiger partial charge on any atom is -0.465 e. The summed E-state index contributed by atoms with van der Waals surface area (Å²) < 4.78 is 10.4. The zero-order valence-corrected chi connectivity index (χ0v) is 9.53. The lowest BCUT2D eigenvalue weighted by Crippen LogP contribution is -2.50. The Morgan fingerprint density at radius 1 is 1.46 bits per heavy atom. The fourth-order valence-electron chi connectivity index (χ4n) is 0.874. The third-order valence-electron chi connectivity index (χ3n) is 1.99. The molecule has 0 aromatic carbocycles. The second-order valence-electron chi connectivity index (χ2n) is 2.84. The molecule has 0 unspecified atom stereocenters. The maximum atomic E-state index is 10.7. The first-order chi connectivity index (χ1) is 5.99. The zero-order chi connectivity index (χ0) is 10.5. The molecule has 0 fully saturated rings. The molecule has 0 bridgehead atoms. The maximum Gasteiger partial charge on any atom is 0.407 e. The van der Waals surface area contributed by atoms with Gasteiger partial charge in [-0.05, 0) is 13.5 Å². The standard InChI is InChI=1S/C7H17NO4Si/c1-5-8(7(9)10)6-13(4,11-2)12-3/h5-6H2,1-4H3,(H,9,10). The van der Waals surface area contributed by atoms with Crippen LogP contribution in [-0.2, 0) is 8.85 Å². The molecule has 1 amide bonds. The highest BCUT2D eigenvalue weighted by molar-refractivity contribution is 6.66. The summed E-state index contributed by atoms with van der Waals surface area (Å²) in [5.41, 5.74) is 0. The van der Waals surface area contributed by atoms with Crippen LogP contribution in [-0.4, -0.2) is 51.6 Å². The summed E-state index contributed by atoms with van der Waals surface area (Å²) in [5, 5.41) is 8.76. The molecule has 0 saturated heterocycles. The largest absolute Gasteiger partial charge is 0.465 e. The Labute approximate surface area is 79.5 Å². The van der Waals surface area contributed by atoms with Gasteiger partial charge < -0.3 is 18.9 Å². The van der Waals surface area contributed by atoms with Gasteiger partial charge in [0.1, 0.15) is 0 Å². The predicted octanol–water partition coefficient (Wildman–Crippen LogP) is 0.890. The van der Waals surface area contributed by atoms with E-state index in [-0.39, 0.29) is 0 Å². The van der Waals surface area contributed by atoms with Gasteiger partial charge in [0, 0.05) is 20.8 Å². The first-order valence-corrected chi connectivity index (χ1v) is 6.59. The number of nitrogens with zero attached hydrogens (tertiary/aromatic N) is 1. The van der Waals surface area contributed by atoms with Crippen molar-refractivity contribution in [2.75, 3.05) is 26.9 Å². The quantitative estimate of drug-likeness (QED) is 0.680. The lowest BCUT2D eigenvalue weighted by molar-refractivity contribution is 0.144. The van der Waals surface area contributed by atoms with Crippen molar-refractivity contribution in [3.63, 3.8) is 0 Å². The number of carboxylic acid groups (broad SMARTS) is 1. The van der Waals surface area contributed by atoms with Crippen LogP contribution in [0, 0.1) is 0 Å². The van der Waals surface area contributed by atoms with Crippen LogP contribution in [0.2, 0.25) is 6.55 Å². The van der Waals surface area contributed by atoms with Crippen molar-refractivity contribution in [1.29, 1.82) is 0 Å². The Balaban J connectivity index is 4.27. The molecule has 0 atom stereocenters. The summed E-state index contributed by atoms with van der Waals surface area (Å²) >= 11 is 0. The second kappa shape index (κ2) is 5.20. The van der Waals surface area contributed by atoms with Gasteiger partial charge in [-0.25, -0.2) is 4.79 Å². The number of carbonyl (C=O) groups is 1. The van der Waals surface area contributed by atoms with E-state index in [1.54, 1.807) is 21.1 Å². The average molecular weight is 207 g/mol. The van der Waals surface area contributed by atoms with E-state index in [0.717, 1.165) is 0 Å². The van der Waals surface area contributed by atoms with Crippen LogP contribution in [0.15, 0.2) is 0 Å². The van der Waals surface area contributed by atoms with E-state index < -0.39 is 14.7 Å². The Kier molecular flexibility index (Phi) is 4.97. The topological polar surface area (TPSA) is 59.0 Å².